The number of nitrogens with zero attached hydrogens (tertiary/aromatic N) is 3. The monoisotopic (exact) mass is 274 g/mol. The third-order valence-corrected chi connectivity index (χ3v) is 3.52. The van der Waals surface area contributed by atoms with Crippen LogP contribution in [0.2, 0.25) is 0 Å². The van der Waals surface area contributed by atoms with E-state index >= 15 is 0 Å². The number of primary amides is 1. The summed E-state index contributed by atoms with van der Waals surface area (Å²) in [7, 11) is 0. The van der Waals surface area contributed by atoms with Gasteiger partial charge < -0.3 is 15.0 Å². The van der Waals surface area contributed by atoms with Crippen molar-refractivity contribution in [2.75, 3.05) is 26.3 Å². The molecule has 1 fully saturated rings. The summed E-state index contributed by atoms with van der Waals surface area (Å²) >= 11 is 0. The minimum absolute atomic E-state index is 0.167. The first-order valence-corrected chi connectivity index (χ1v) is 6.76. The highest BCUT2D eigenvalue weighted by atomic mass is 16.5. The lowest BCUT2D eigenvalue weighted by molar-refractivity contribution is -0.118. The maximum absolute atomic E-state index is 11.3. The van der Waals surface area contributed by atoms with Gasteiger partial charge in [0.1, 0.15) is 12.4 Å². The van der Waals surface area contributed by atoms with Gasteiger partial charge in [-0.1, -0.05) is 12.1 Å². The number of carbonyl (C=O) groups is 1. The molecule has 1 aromatic carbocycles. The second kappa shape index (κ2) is 5.60. The van der Waals surface area contributed by atoms with E-state index in [1.54, 1.807) is 0 Å². The number of benzene rings is 1. The molecule has 106 valence electrons. The molecule has 2 aromatic rings. The van der Waals surface area contributed by atoms with Gasteiger partial charge in [0.25, 0.3) is 0 Å². The fraction of sp³-hybridized carbons (Fsp3) is 0.429. The molecule has 6 heteroatoms. The molecular formula is C14H18N4O2. The molecule has 1 aliphatic heterocycles. The van der Waals surface area contributed by atoms with E-state index in [-0.39, 0.29) is 12.5 Å². The summed E-state index contributed by atoms with van der Waals surface area (Å²) in [6.07, 6.45) is 0. The van der Waals surface area contributed by atoms with Crippen LogP contribution in [0.5, 0.6) is 0 Å². The van der Waals surface area contributed by atoms with Crippen LogP contribution < -0.4 is 5.73 Å². The highest BCUT2D eigenvalue weighted by molar-refractivity contribution is 5.80. The highest BCUT2D eigenvalue weighted by Gasteiger charge is 2.17. The van der Waals surface area contributed by atoms with Gasteiger partial charge in [-0.05, 0) is 12.1 Å². The zero-order valence-electron chi connectivity index (χ0n) is 11.3. The minimum Gasteiger partial charge on any atom is -0.379 e. The zero-order chi connectivity index (χ0) is 13.9. The molecule has 0 unspecified atom stereocenters. The van der Waals surface area contributed by atoms with E-state index in [1.807, 2.05) is 28.8 Å². The Morgan fingerprint density at radius 3 is 2.80 bits per heavy atom. The van der Waals surface area contributed by atoms with Gasteiger partial charge in [0, 0.05) is 13.1 Å². The molecule has 1 aliphatic rings. The zero-order valence-corrected chi connectivity index (χ0v) is 11.3. The summed E-state index contributed by atoms with van der Waals surface area (Å²) in [6.45, 7) is 4.15. The summed E-state index contributed by atoms with van der Waals surface area (Å²) in [4.78, 5) is 18.2. The fourth-order valence-electron chi connectivity index (χ4n) is 2.54. The maximum Gasteiger partial charge on any atom is 0.237 e. The number of imidazole rings is 1. The first-order chi connectivity index (χ1) is 9.74. The van der Waals surface area contributed by atoms with Crippen LogP contribution in [-0.4, -0.2) is 46.7 Å². The molecule has 0 bridgehead atoms. The number of morpholine rings is 1. The van der Waals surface area contributed by atoms with Crippen molar-refractivity contribution in [1.29, 1.82) is 0 Å². The third kappa shape index (κ3) is 2.66. The van der Waals surface area contributed by atoms with Crippen LogP contribution in [0.4, 0.5) is 0 Å². The SMILES string of the molecule is NC(=O)Cn1c(CN2CCOCC2)nc2ccccc21. The Bertz CT molecular complexity index is 617. The van der Waals surface area contributed by atoms with Gasteiger partial charge in [0.2, 0.25) is 5.91 Å². The molecule has 0 spiro atoms. The largest absolute Gasteiger partial charge is 0.379 e. The average Bonchev–Trinajstić information content (AvgIpc) is 2.78. The van der Waals surface area contributed by atoms with Gasteiger partial charge in [-0.15, -0.1) is 0 Å². The topological polar surface area (TPSA) is 73.4 Å². The predicted molar refractivity (Wildman–Crippen MR) is 75.0 cm³/mol. The summed E-state index contributed by atoms with van der Waals surface area (Å²) in [5.41, 5.74) is 7.21. The molecule has 1 aromatic heterocycles. The van der Waals surface area contributed by atoms with Crippen LogP contribution in [0, 0.1) is 0 Å². The van der Waals surface area contributed by atoms with Crippen molar-refractivity contribution in [2.24, 2.45) is 5.73 Å². The number of rotatable bonds is 4. The van der Waals surface area contributed by atoms with Crippen molar-refractivity contribution < 1.29 is 9.53 Å². The Labute approximate surface area is 117 Å². The van der Waals surface area contributed by atoms with E-state index in [4.69, 9.17) is 10.5 Å². The van der Waals surface area contributed by atoms with E-state index in [9.17, 15) is 4.79 Å². The number of nitrogens with two attached hydrogens (primary N) is 1. The third-order valence-electron chi connectivity index (χ3n) is 3.52. The van der Waals surface area contributed by atoms with Crippen LogP contribution >= 0.6 is 0 Å². The number of aromatic nitrogens is 2. The second-order valence-electron chi connectivity index (χ2n) is 4.96. The first kappa shape index (κ1) is 13.1. The average molecular weight is 274 g/mol. The predicted octanol–water partition coefficient (Wildman–Crippen LogP) is 0.354. The molecule has 1 saturated heterocycles. The standard InChI is InChI=1S/C14H18N4O2/c15-13(19)9-18-12-4-2-1-3-11(12)16-14(18)10-17-5-7-20-8-6-17/h1-4H,5-10H2,(H2,15,19). The summed E-state index contributed by atoms with van der Waals surface area (Å²) in [5, 5.41) is 0. The smallest absolute Gasteiger partial charge is 0.237 e. The Morgan fingerprint density at radius 2 is 2.05 bits per heavy atom. The van der Waals surface area contributed by atoms with Gasteiger partial charge in [-0.3, -0.25) is 9.69 Å². The molecule has 2 heterocycles. The Morgan fingerprint density at radius 1 is 1.30 bits per heavy atom. The van der Waals surface area contributed by atoms with Gasteiger partial charge in [0.05, 0.1) is 30.8 Å². The number of ether oxygens (including phenoxy) is 1. The molecule has 6 nitrogen and oxygen atoms in total. The molecular weight excluding hydrogens is 256 g/mol. The van der Waals surface area contributed by atoms with E-state index in [0.29, 0.717) is 6.54 Å². The normalized spacial score (nSPS) is 16.6. The van der Waals surface area contributed by atoms with Crippen LogP contribution in [0.1, 0.15) is 5.82 Å². The molecule has 0 radical (unpaired) electrons. The summed E-state index contributed by atoms with van der Waals surface area (Å²) in [5.74, 6) is 0.531. The number of fused-ring (bicyclic) bond motifs is 1. The molecule has 0 saturated carbocycles. The maximum atomic E-state index is 11.3. The van der Waals surface area contributed by atoms with Crippen molar-refractivity contribution in [3.8, 4) is 0 Å². The Balaban J connectivity index is 1.93. The molecule has 1 amide bonds. The lowest BCUT2D eigenvalue weighted by atomic mass is 10.3. The number of hydrogen-bond acceptors (Lipinski definition) is 4. The van der Waals surface area contributed by atoms with E-state index in [2.05, 4.69) is 9.88 Å². The molecule has 3 rings (SSSR count). The van der Waals surface area contributed by atoms with Crippen LogP contribution in [0.25, 0.3) is 11.0 Å². The number of amides is 1. The molecule has 2 N–H and O–H groups in total. The van der Waals surface area contributed by atoms with Crippen molar-refractivity contribution in [3.05, 3.63) is 30.1 Å². The van der Waals surface area contributed by atoms with Crippen LogP contribution in [0.15, 0.2) is 24.3 Å². The minimum atomic E-state index is -0.351. The lowest BCUT2D eigenvalue weighted by Crippen LogP contribution is -2.36. The van der Waals surface area contributed by atoms with E-state index < -0.39 is 0 Å². The van der Waals surface area contributed by atoms with Crippen molar-refractivity contribution in [3.63, 3.8) is 0 Å². The van der Waals surface area contributed by atoms with Crippen LogP contribution in [0.3, 0.4) is 0 Å². The number of para-hydroxylation sites is 2. The fourth-order valence-corrected chi connectivity index (χ4v) is 2.54. The van der Waals surface area contributed by atoms with E-state index in [1.165, 1.54) is 0 Å². The number of hydrogen-bond donors (Lipinski definition) is 1. The molecule has 0 atom stereocenters. The number of carbonyl (C=O) groups excluding carboxylic acids is 1. The van der Waals surface area contributed by atoms with Gasteiger partial charge in [-0.2, -0.15) is 0 Å². The highest BCUT2D eigenvalue weighted by Crippen LogP contribution is 2.17. The van der Waals surface area contributed by atoms with E-state index in [0.717, 1.165) is 43.2 Å². The van der Waals surface area contributed by atoms with Crippen LogP contribution in [-0.2, 0) is 22.6 Å². The van der Waals surface area contributed by atoms with Gasteiger partial charge >= 0.3 is 0 Å². The van der Waals surface area contributed by atoms with Crippen molar-refractivity contribution in [1.82, 2.24) is 14.5 Å². The molecule has 0 aliphatic carbocycles. The van der Waals surface area contributed by atoms with Gasteiger partial charge in [0.15, 0.2) is 0 Å². The molecule has 20 heavy (non-hydrogen) atoms. The lowest BCUT2D eigenvalue weighted by Gasteiger charge is -2.26. The summed E-state index contributed by atoms with van der Waals surface area (Å²) < 4.78 is 7.26. The van der Waals surface area contributed by atoms with Gasteiger partial charge in [-0.25, -0.2) is 4.98 Å². The Kier molecular flexibility index (Phi) is 3.66. The Hall–Kier alpha value is -1.92. The van der Waals surface area contributed by atoms with Crippen molar-refractivity contribution >= 4 is 16.9 Å². The summed E-state index contributed by atoms with van der Waals surface area (Å²) in [6, 6.07) is 7.81. The second-order valence-corrected chi connectivity index (χ2v) is 4.96. The quantitative estimate of drug-likeness (QED) is 0.873. The first-order valence-electron chi connectivity index (χ1n) is 6.76. The van der Waals surface area contributed by atoms with Crippen molar-refractivity contribution in [2.45, 2.75) is 13.1 Å².